The molecular weight excluding hydrogens is 574 g/mol. The van der Waals surface area contributed by atoms with Gasteiger partial charge >= 0.3 is 6.09 Å². The van der Waals surface area contributed by atoms with Crippen LogP contribution in [0, 0.1) is 5.92 Å². The molecule has 1 heterocycles. The molecule has 0 aromatic heterocycles. The van der Waals surface area contributed by atoms with Gasteiger partial charge in [-0.15, -0.1) is 0 Å². The lowest BCUT2D eigenvalue weighted by Gasteiger charge is -2.33. The number of nitrogens with zero attached hydrogens (tertiary/aromatic N) is 2. The van der Waals surface area contributed by atoms with Gasteiger partial charge < -0.3 is 35.7 Å². The second-order valence-electron chi connectivity index (χ2n) is 13.2. The lowest BCUT2D eigenvalue weighted by Crippen LogP contribution is -2.54. The van der Waals surface area contributed by atoms with E-state index in [1.165, 1.54) is 51.0 Å². The molecule has 45 heavy (non-hydrogen) atoms. The van der Waals surface area contributed by atoms with Gasteiger partial charge in [0.15, 0.2) is 0 Å². The second-order valence-corrected chi connectivity index (χ2v) is 13.2. The number of nitrogens with two attached hydrogens (primary N) is 1. The summed E-state index contributed by atoms with van der Waals surface area (Å²) in [4.78, 5) is 59.8. The number of likely N-dealkylation sites (N-methyl/N-ethyl adjacent to an activating group) is 2. The lowest BCUT2D eigenvalue weighted by molar-refractivity contribution is -0.140. The summed E-state index contributed by atoms with van der Waals surface area (Å²) in [5, 5.41) is 5.92. The molecule has 0 bridgehead atoms. The molecule has 1 saturated carbocycles. The Balaban J connectivity index is 0.000000267. The molecule has 4 amide bonds. The molecule has 0 radical (unpaired) electrons. The second kappa shape index (κ2) is 18.5. The maximum absolute atomic E-state index is 13.0. The molecule has 2 aliphatic carbocycles. The van der Waals surface area contributed by atoms with Crippen molar-refractivity contribution in [2.45, 2.75) is 116 Å². The van der Waals surface area contributed by atoms with Crippen LogP contribution in [0.4, 0.5) is 4.79 Å². The van der Waals surface area contributed by atoms with E-state index >= 15 is 0 Å². The quantitative estimate of drug-likeness (QED) is 0.391. The summed E-state index contributed by atoms with van der Waals surface area (Å²) in [7, 11) is 3.31. The average Bonchev–Trinajstić information content (AvgIpc) is 3.42. The molecule has 11 nitrogen and oxygen atoms in total. The van der Waals surface area contributed by atoms with Crippen LogP contribution in [-0.4, -0.2) is 90.8 Å². The molecule has 0 spiro atoms. The van der Waals surface area contributed by atoms with E-state index in [1.807, 2.05) is 0 Å². The minimum Gasteiger partial charge on any atom is -0.444 e. The van der Waals surface area contributed by atoms with Gasteiger partial charge in [-0.3, -0.25) is 14.4 Å². The minimum absolute atomic E-state index is 0.0644. The van der Waals surface area contributed by atoms with E-state index in [9.17, 15) is 24.0 Å². The summed E-state index contributed by atoms with van der Waals surface area (Å²) < 4.78 is 4.98. The van der Waals surface area contributed by atoms with Crippen LogP contribution in [0.1, 0.15) is 90.2 Å². The van der Waals surface area contributed by atoms with E-state index in [1.54, 1.807) is 43.8 Å². The Bertz CT molecular complexity index is 1110. The Morgan fingerprint density at radius 1 is 1.04 bits per heavy atom. The summed E-state index contributed by atoms with van der Waals surface area (Å²) in [5.74, 6) is -0.444. The molecule has 1 aromatic carbocycles. The van der Waals surface area contributed by atoms with Gasteiger partial charge in [0, 0.05) is 26.6 Å². The van der Waals surface area contributed by atoms with Crippen molar-refractivity contribution in [3.8, 4) is 0 Å². The first-order valence-electron chi connectivity index (χ1n) is 16.3. The molecule has 3 unspecified atom stereocenters. The molecule has 252 valence electrons. The summed E-state index contributed by atoms with van der Waals surface area (Å²) in [5.41, 5.74) is 8.12. The number of ether oxygens (including phenoxy) is 1. The highest BCUT2D eigenvalue weighted by molar-refractivity contribution is 5.90. The number of primary amides is 1. The van der Waals surface area contributed by atoms with Crippen molar-refractivity contribution in [1.82, 2.24) is 20.4 Å². The number of likely N-dealkylation sites (tertiary alicyclic amines) is 1. The van der Waals surface area contributed by atoms with Gasteiger partial charge in [0.05, 0.1) is 12.6 Å². The minimum atomic E-state index is -0.640. The zero-order valence-electron chi connectivity index (χ0n) is 28.1. The predicted octanol–water partition coefficient (Wildman–Crippen LogP) is 3.36. The number of hydrogen-bond donors (Lipinski definition) is 3. The zero-order valence-corrected chi connectivity index (χ0v) is 28.1. The molecule has 1 aliphatic heterocycles. The molecule has 1 aromatic rings. The Morgan fingerprint density at radius 3 is 2.09 bits per heavy atom. The van der Waals surface area contributed by atoms with E-state index in [-0.39, 0.29) is 30.4 Å². The van der Waals surface area contributed by atoms with Crippen LogP contribution in [0.3, 0.4) is 0 Å². The number of amides is 4. The van der Waals surface area contributed by atoms with E-state index in [0.717, 1.165) is 25.7 Å². The number of nitrogens with one attached hydrogen (secondary N) is 2. The third-order valence-corrected chi connectivity index (χ3v) is 8.33. The largest absolute Gasteiger partial charge is 0.444 e. The van der Waals surface area contributed by atoms with Gasteiger partial charge in [-0.25, -0.2) is 4.79 Å². The number of aldehydes is 1. The Hall–Kier alpha value is -3.47. The first kappa shape index (κ1) is 37.7. The molecule has 3 aliphatic rings. The third kappa shape index (κ3) is 12.8. The van der Waals surface area contributed by atoms with Crippen LogP contribution in [0.15, 0.2) is 24.3 Å². The first-order valence-corrected chi connectivity index (χ1v) is 16.3. The van der Waals surface area contributed by atoms with Crippen molar-refractivity contribution in [3.63, 3.8) is 0 Å². The van der Waals surface area contributed by atoms with Crippen molar-refractivity contribution in [3.05, 3.63) is 35.4 Å². The number of benzene rings is 1. The van der Waals surface area contributed by atoms with Crippen LogP contribution in [0.5, 0.6) is 0 Å². The van der Waals surface area contributed by atoms with Crippen LogP contribution < -0.4 is 16.4 Å². The Kier molecular flexibility index (Phi) is 15.5. The fourth-order valence-electron chi connectivity index (χ4n) is 6.15. The van der Waals surface area contributed by atoms with Gasteiger partial charge in [-0.05, 0) is 89.8 Å². The molecular formula is C34H55N5O6. The van der Waals surface area contributed by atoms with Crippen molar-refractivity contribution in [1.29, 1.82) is 0 Å². The molecule has 1 saturated heterocycles. The monoisotopic (exact) mass is 629 g/mol. The SMILES string of the molecule is CN(CC=O)C(=O)OC(C)(C)C.CNC(C(=O)N1CC(NC(C)=O)CC1C(N)=O)C1CCCCC1.c1ccc2c(c1)CCCC2. The highest BCUT2D eigenvalue weighted by Gasteiger charge is 2.42. The maximum atomic E-state index is 13.0. The standard InChI is InChI=1S/C16H28N4O3.C10H12.C8H15NO3/c1-10(21)19-12-8-13(15(17)22)20(9-12)16(23)14(18-2)11-6-4-3-5-7-11;1-2-6-10-8-4-3-7-9(10)5-1;1-8(2,3)12-7(11)9(4)5-6-10/h11-14,18H,3-9H2,1-2H3,(H2,17,22)(H,19,21);1-2,5-6H,3-4,7-8H2;6H,5H2,1-4H3. The van der Waals surface area contributed by atoms with Gasteiger partial charge in [-0.1, -0.05) is 43.5 Å². The number of carbonyl (C=O) groups excluding carboxylic acids is 5. The van der Waals surface area contributed by atoms with E-state index in [4.69, 9.17) is 10.5 Å². The molecule has 4 rings (SSSR count). The third-order valence-electron chi connectivity index (χ3n) is 8.33. The number of aryl methyl sites for hydroxylation is 2. The Labute approximate surface area is 269 Å². The normalized spacial score (nSPS) is 20.2. The topological polar surface area (TPSA) is 151 Å². The van der Waals surface area contributed by atoms with Crippen LogP contribution in [-0.2, 0) is 36.8 Å². The summed E-state index contributed by atoms with van der Waals surface area (Å²) in [6.45, 7) is 7.17. The summed E-state index contributed by atoms with van der Waals surface area (Å²) in [6.07, 6.45) is 11.5. The van der Waals surface area contributed by atoms with Gasteiger partial charge in [0.25, 0.3) is 0 Å². The van der Waals surface area contributed by atoms with Gasteiger partial charge in [0.2, 0.25) is 17.7 Å². The van der Waals surface area contributed by atoms with E-state index in [2.05, 4.69) is 34.9 Å². The summed E-state index contributed by atoms with van der Waals surface area (Å²) in [6, 6.07) is 7.67. The van der Waals surface area contributed by atoms with E-state index in [0.29, 0.717) is 25.2 Å². The smallest absolute Gasteiger partial charge is 0.410 e. The van der Waals surface area contributed by atoms with Crippen LogP contribution in [0.2, 0.25) is 0 Å². The van der Waals surface area contributed by atoms with Crippen molar-refractivity contribution < 1.29 is 28.7 Å². The van der Waals surface area contributed by atoms with Gasteiger partial charge in [-0.2, -0.15) is 0 Å². The maximum Gasteiger partial charge on any atom is 0.410 e. The lowest BCUT2D eigenvalue weighted by atomic mass is 9.83. The van der Waals surface area contributed by atoms with Crippen molar-refractivity contribution >= 4 is 30.1 Å². The van der Waals surface area contributed by atoms with Crippen LogP contribution >= 0.6 is 0 Å². The molecule has 11 heteroatoms. The Morgan fingerprint density at radius 2 is 1.62 bits per heavy atom. The highest BCUT2D eigenvalue weighted by atomic mass is 16.6. The number of hydrogen-bond acceptors (Lipinski definition) is 7. The van der Waals surface area contributed by atoms with E-state index < -0.39 is 23.6 Å². The average molecular weight is 630 g/mol. The molecule has 4 N–H and O–H groups in total. The van der Waals surface area contributed by atoms with Crippen molar-refractivity contribution in [2.75, 3.05) is 27.2 Å². The number of carbonyl (C=O) groups is 5. The van der Waals surface area contributed by atoms with Gasteiger partial charge in [0.1, 0.15) is 17.9 Å². The first-order chi connectivity index (χ1) is 21.3. The predicted molar refractivity (Wildman–Crippen MR) is 174 cm³/mol. The number of fused-ring (bicyclic) bond motifs is 1. The van der Waals surface area contributed by atoms with Crippen molar-refractivity contribution in [2.24, 2.45) is 11.7 Å². The number of rotatable bonds is 7. The highest BCUT2D eigenvalue weighted by Crippen LogP contribution is 2.29. The fourth-order valence-corrected chi connectivity index (χ4v) is 6.15. The molecule has 2 fully saturated rings. The molecule has 3 atom stereocenters. The zero-order chi connectivity index (χ0) is 33.6. The fraction of sp³-hybridized carbons (Fsp3) is 0.676. The van der Waals surface area contributed by atoms with Crippen LogP contribution in [0.25, 0.3) is 0 Å². The summed E-state index contributed by atoms with van der Waals surface area (Å²) >= 11 is 0.